The van der Waals surface area contributed by atoms with Crippen molar-refractivity contribution < 1.29 is 14.6 Å². The van der Waals surface area contributed by atoms with Gasteiger partial charge in [0.1, 0.15) is 6.10 Å². The highest BCUT2D eigenvalue weighted by atomic mass is 16.7. The standard InChI is InChI=1S/C15H16O3/c16-14(11-4-2-1-3-5-11)12-6-7-13(10-12)15-17-8-9-18-15/h1-6,10,14-16H,7-9H2. The molecule has 1 aromatic carbocycles. The first-order chi connectivity index (χ1) is 8.84. The van der Waals surface area contributed by atoms with Crippen molar-refractivity contribution in [2.45, 2.75) is 18.8 Å². The third kappa shape index (κ3) is 2.25. The van der Waals surface area contributed by atoms with Crippen LogP contribution in [0.3, 0.4) is 0 Å². The molecular weight excluding hydrogens is 228 g/mol. The number of allylic oxidation sites excluding steroid dienone is 1. The number of ether oxygens (including phenoxy) is 2. The zero-order chi connectivity index (χ0) is 12.4. The van der Waals surface area contributed by atoms with E-state index < -0.39 is 6.10 Å². The highest BCUT2D eigenvalue weighted by Crippen LogP contribution is 2.32. The van der Waals surface area contributed by atoms with Crippen LogP contribution in [0, 0.1) is 0 Å². The van der Waals surface area contributed by atoms with Crippen LogP contribution in [0.25, 0.3) is 0 Å². The highest BCUT2D eigenvalue weighted by molar-refractivity contribution is 5.40. The SMILES string of the molecule is OC(C1=CCC(C2OCCO2)=C1)c1ccccc1. The van der Waals surface area contributed by atoms with E-state index in [1.807, 2.05) is 42.5 Å². The Morgan fingerprint density at radius 2 is 1.83 bits per heavy atom. The van der Waals surface area contributed by atoms with Gasteiger partial charge in [0.25, 0.3) is 0 Å². The number of hydrogen-bond donors (Lipinski definition) is 1. The maximum absolute atomic E-state index is 10.3. The minimum atomic E-state index is -0.565. The Labute approximate surface area is 106 Å². The van der Waals surface area contributed by atoms with Crippen LogP contribution < -0.4 is 0 Å². The van der Waals surface area contributed by atoms with Gasteiger partial charge in [-0.3, -0.25) is 0 Å². The summed E-state index contributed by atoms with van der Waals surface area (Å²) in [5, 5.41) is 10.3. The van der Waals surface area contributed by atoms with E-state index in [-0.39, 0.29) is 6.29 Å². The smallest absolute Gasteiger partial charge is 0.180 e. The number of hydrogen-bond acceptors (Lipinski definition) is 3. The van der Waals surface area contributed by atoms with Crippen LogP contribution in [0.4, 0.5) is 0 Å². The molecule has 3 nitrogen and oxygen atoms in total. The molecule has 0 saturated carbocycles. The number of rotatable bonds is 3. The quantitative estimate of drug-likeness (QED) is 0.887. The average molecular weight is 244 g/mol. The molecule has 18 heavy (non-hydrogen) atoms. The molecule has 1 saturated heterocycles. The Morgan fingerprint density at radius 3 is 2.56 bits per heavy atom. The Balaban J connectivity index is 1.74. The number of benzene rings is 1. The van der Waals surface area contributed by atoms with Crippen molar-refractivity contribution in [3.8, 4) is 0 Å². The molecular formula is C15H16O3. The summed E-state index contributed by atoms with van der Waals surface area (Å²) in [6.07, 6.45) is 4.04. The molecule has 1 fully saturated rings. The van der Waals surface area contributed by atoms with Crippen LogP contribution >= 0.6 is 0 Å². The van der Waals surface area contributed by atoms with Crippen LogP contribution in [-0.2, 0) is 9.47 Å². The van der Waals surface area contributed by atoms with Crippen molar-refractivity contribution in [2.24, 2.45) is 0 Å². The summed E-state index contributed by atoms with van der Waals surface area (Å²) in [7, 11) is 0. The minimum Gasteiger partial charge on any atom is -0.384 e. The van der Waals surface area contributed by atoms with Crippen molar-refractivity contribution in [1.29, 1.82) is 0 Å². The van der Waals surface area contributed by atoms with Crippen molar-refractivity contribution in [2.75, 3.05) is 13.2 Å². The van der Waals surface area contributed by atoms with Gasteiger partial charge in [0.15, 0.2) is 6.29 Å². The lowest BCUT2D eigenvalue weighted by atomic mass is 10.0. The topological polar surface area (TPSA) is 38.7 Å². The summed E-state index contributed by atoms with van der Waals surface area (Å²) < 4.78 is 10.9. The first-order valence-electron chi connectivity index (χ1n) is 6.21. The van der Waals surface area contributed by atoms with Gasteiger partial charge in [-0.25, -0.2) is 0 Å². The predicted octanol–water partition coefficient (Wildman–Crippen LogP) is 2.35. The molecule has 3 heteroatoms. The Hall–Kier alpha value is -1.42. The van der Waals surface area contributed by atoms with Crippen LogP contribution in [0.5, 0.6) is 0 Å². The fraction of sp³-hybridized carbons (Fsp3) is 0.333. The van der Waals surface area contributed by atoms with E-state index in [9.17, 15) is 5.11 Å². The first-order valence-corrected chi connectivity index (χ1v) is 6.21. The summed E-state index contributed by atoms with van der Waals surface area (Å²) in [5.41, 5.74) is 2.93. The van der Waals surface area contributed by atoms with E-state index in [1.54, 1.807) is 0 Å². The molecule has 0 radical (unpaired) electrons. The fourth-order valence-corrected chi connectivity index (χ4v) is 2.32. The fourth-order valence-electron chi connectivity index (χ4n) is 2.32. The zero-order valence-corrected chi connectivity index (χ0v) is 10.1. The normalized spacial score (nSPS) is 21.8. The van der Waals surface area contributed by atoms with Crippen LogP contribution in [0.2, 0.25) is 0 Å². The summed E-state index contributed by atoms with van der Waals surface area (Å²) >= 11 is 0. The molecule has 0 bridgehead atoms. The van der Waals surface area contributed by atoms with Crippen LogP contribution in [0.15, 0.2) is 53.6 Å². The lowest BCUT2D eigenvalue weighted by Crippen LogP contribution is -2.09. The van der Waals surface area contributed by atoms with E-state index in [1.165, 1.54) is 0 Å². The Kier molecular flexibility index (Phi) is 3.28. The second-order valence-electron chi connectivity index (χ2n) is 4.51. The lowest BCUT2D eigenvalue weighted by Gasteiger charge is -2.11. The molecule has 1 atom stereocenters. The monoisotopic (exact) mass is 244 g/mol. The molecule has 94 valence electrons. The number of aliphatic hydroxyl groups excluding tert-OH is 1. The lowest BCUT2D eigenvalue weighted by molar-refractivity contribution is -0.0121. The van der Waals surface area contributed by atoms with E-state index in [0.717, 1.165) is 23.1 Å². The molecule has 1 heterocycles. The molecule has 2 aliphatic rings. The van der Waals surface area contributed by atoms with Gasteiger partial charge in [0, 0.05) is 0 Å². The minimum absolute atomic E-state index is 0.221. The van der Waals surface area contributed by atoms with Crippen molar-refractivity contribution in [1.82, 2.24) is 0 Å². The molecule has 0 spiro atoms. The Bertz CT molecular complexity index is 470. The van der Waals surface area contributed by atoms with Gasteiger partial charge in [-0.05, 0) is 23.1 Å². The predicted molar refractivity (Wildman–Crippen MR) is 67.9 cm³/mol. The van der Waals surface area contributed by atoms with Gasteiger partial charge in [-0.2, -0.15) is 0 Å². The summed E-state index contributed by atoms with van der Waals surface area (Å²) in [5.74, 6) is 0. The molecule has 1 unspecified atom stereocenters. The third-order valence-electron chi connectivity index (χ3n) is 3.28. The molecule has 1 aliphatic heterocycles. The van der Waals surface area contributed by atoms with E-state index in [4.69, 9.17) is 9.47 Å². The third-order valence-corrected chi connectivity index (χ3v) is 3.28. The highest BCUT2D eigenvalue weighted by Gasteiger charge is 2.25. The van der Waals surface area contributed by atoms with Crippen molar-refractivity contribution in [3.63, 3.8) is 0 Å². The Morgan fingerprint density at radius 1 is 1.11 bits per heavy atom. The largest absolute Gasteiger partial charge is 0.384 e. The number of aliphatic hydroxyl groups is 1. The van der Waals surface area contributed by atoms with Gasteiger partial charge in [-0.15, -0.1) is 0 Å². The molecule has 0 amide bonds. The summed E-state index contributed by atoms with van der Waals surface area (Å²) in [6.45, 7) is 1.30. The average Bonchev–Trinajstić information content (AvgIpc) is 3.09. The summed E-state index contributed by atoms with van der Waals surface area (Å²) in [4.78, 5) is 0. The maximum Gasteiger partial charge on any atom is 0.180 e. The van der Waals surface area contributed by atoms with E-state index in [0.29, 0.717) is 13.2 Å². The zero-order valence-electron chi connectivity index (χ0n) is 10.1. The second kappa shape index (κ2) is 5.06. The molecule has 1 N–H and O–H groups in total. The van der Waals surface area contributed by atoms with Gasteiger partial charge in [-0.1, -0.05) is 42.5 Å². The summed E-state index contributed by atoms with van der Waals surface area (Å²) in [6, 6.07) is 9.67. The maximum atomic E-state index is 10.3. The van der Waals surface area contributed by atoms with Crippen molar-refractivity contribution in [3.05, 3.63) is 59.2 Å². The first kappa shape index (κ1) is 11.7. The van der Waals surface area contributed by atoms with Crippen LogP contribution in [0.1, 0.15) is 18.1 Å². The van der Waals surface area contributed by atoms with Gasteiger partial charge in [0.05, 0.1) is 13.2 Å². The van der Waals surface area contributed by atoms with Gasteiger partial charge in [0.2, 0.25) is 0 Å². The second-order valence-corrected chi connectivity index (χ2v) is 4.51. The molecule has 1 aliphatic carbocycles. The molecule has 0 aromatic heterocycles. The van der Waals surface area contributed by atoms with Gasteiger partial charge < -0.3 is 14.6 Å². The van der Waals surface area contributed by atoms with Crippen LogP contribution in [-0.4, -0.2) is 24.6 Å². The van der Waals surface area contributed by atoms with E-state index in [2.05, 4.69) is 0 Å². The van der Waals surface area contributed by atoms with E-state index >= 15 is 0 Å². The van der Waals surface area contributed by atoms with Crippen molar-refractivity contribution >= 4 is 0 Å². The molecule has 1 aromatic rings. The van der Waals surface area contributed by atoms with Gasteiger partial charge >= 0.3 is 0 Å². The molecule has 3 rings (SSSR count).